The SMILES string of the molecule is CS(=O)(=O)Nc1ccc(-c2ccnc(Nc3ccc(N4CCC(C(=O)NCC(=O)S)CC4)cc3)n2)cc1. The standard InChI is InChI=1S/C25H28N6O4S2/c1-37(34,35)30-20-4-2-17(3-5-20)22-10-13-26-25(29-22)28-19-6-8-21(9-7-19)31-14-11-18(12-15-31)24(33)27-16-23(32)36/h2-10,13,18,30H,11-12,14-16H2,1H3,(H,27,33)(H,32,36)(H,26,28,29). The Hall–Kier alpha value is -3.64. The first-order valence-electron chi connectivity index (χ1n) is 11.7. The Balaban J connectivity index is 1.34. The number of rotatable bonds is 9. The van der Waals surface area contributed by atoms with Crippen LogP contribution in [-0.2, 0) is 19.6 Å². The van der Waals surface area contributed by atoms with Crippen LogP contribution in [-0.4, -0.2) is 55.3 Å². The number of carbonyl (C=O) groups is 2. The number of aromatic nitrogens is 2. The van der Waals surface area contributed by atoms with Crippen molar-refractivity contribution in [1.82, 2.24) is 15.3 Å². The summed E-state index contributed by atoms with van der Waals surface area (Å²) in [6, 6.07) is 16.7. The molecule has 0 saturated carbocycles. The number of amides is 1. The lowest BCUT2D eigenvalue weighted by Gasteiger charge is -2.33. The Kier molecular flexibility index (Phi) is 8.29. The average Bonchev–Trinajstić information content (AvgIpc) is 2.87. The van der Waals surface area contributed by atoms with Crippen LogP contribution in [0.1, 0.15) is 12.8 Å². The van der Waals surface area contributed by atoms with Crippen LogP contribution in [0.3, 0.4) is 0 Å². The van der Waals surface area contributed by atoms with Crippen molar-refractivity contribution in [3.05, 3.63) is 60.8 Å². The van der Waals surface area contributed by atoms with E-state index in [9.17, 15) is 18.0 Å². The van der Waals surface area contributed by atoms with Crippen molar-refractivity contribution in [2.45, 2.75) is 12.8 Å². The fraction of sp³-hybridized carbons (Fsp3) is 0.280. The fourth-order valence-electron chi connectivity index (χ4n) is 4.09. The lowest BCUT2D eigenvalue weighted by molar-refractivity contribution is -0.126. The number of piperidine rings is 1. The number of hydrogen-bond donors (Lipinski definition) is 4. The minimum Gasteiger partial charge on any atom is -0.371 e. The molecule has 0 spiro atoms. The van der Waals surface area contributed by atoms with Crippen LogP contribution in [0, 0.1) is 5.92 Å². The van der Waals surface area contributed by atoms with Crippen molar-refractivity contribution in [2.75, 3.05) is 40.8 Å². The van der Waals surface area contributed by atoms with E-state index in [4.69, 9.17) is 0 Å². The largest absolute Gasteiger partial charge is 0.371 e. The van der Waals surface area contributed by atoms with E-state index in [1.165, 1.54) is 0 Å². The number of hydrogen-bond acceptors (Lipinski definition) is 8. The maximum absolute atomic E-state index is 12.2. The average molecular weight is 541 g/mol. The number of carbonyl (C=O) groups excluding carboxylic acids is 2. The molecule has 4 rings (SSSR count). The summed E-state index contributed by atoms with van der Waals surface area (Å²) in [5.41, 5.74) is 3.91. The molecule has 1 amide bonds. The van der Waals surface area contributed by atoms with Crippen LogP contribution in [0.15, 0.2) is 60.8 Å². The molecular weight excluding hydrogens is 512 g/mol. The second-order valence-electron chi connectivity index (χ2n) is 8.76. The van der Waals surface area contributed by atoms with Gasteiger partial charge in [0.1, 0.15) is 0 Å². The second kappa shape index (κ2) is 11.6. The van der Waals surface area contributed by atoms with Crippen LogP contribution in [0.25, 0.3) is 11.3 Å². The van der Waals surface area contributed by atoms with Crippen LogP contribution in [0.5, 0.6) is 0 Å². The van der Waals surface area contributed by atoms with Gasteiger partial charge in [-0.15, -0.1) is 12.6 Å². The summed E-state index contributed by atoms with van der Waals surface area (Å²) in [6.45, 7) is 1.46. The topological polar surface area (TPSA) is 133 Å². The Morgan fingerprint density at radius 3 is 2.27 bits per heavy atom. The summed E-state index contributed by atoms with van der Waals surface area (Å²) in [6.07, 6.45) is 4.21. The lowest BCUT2D eigenvalue weighted by atomic mass is 9.95. The smallest absolute Gasteiger partial charge is 0.229 e. The molecule has 0 unspecified atom stereocenters. The van der Waals surface area contributed by atoms with E-state index in [-0.39, 0.29) is 23.5 Å². The van der Waals surface area contributed by atoms with Crippen LogP contribution in [0.4, 0.5) is 23.0 Å². The van der Waals surface area contributed by atoms with Crippen molar-refractivity contribution in [1.29, 1.82) is 0 Å². The number of anilines is 4. The van der Waals surface area contributed by atoms with Crippen LogP contribution < -0.4 is 20.3 Å². The zero-order valence-corrected chi connectivity index (χ0v) is 21.9. The predicted molar refractivity (Wildman–Crippen MR) is 148 cm³/mol. The van der Waals surface area contributed by atoms with Gasteiger partial charge in [0.25, 0.3) is 0 Å². The summed E-state index contributed by atoms with van der Waals surface area (Å²) in [5.74, 6) is 0.252. The molecule has 1 aliphatic rings. The highest BCUT2D eigenvalue weighted by molar-refractivity contribution is 7.96. The number of nitrogens with zero attached hydrogens (tertiary/aromatic N) is 3. The summed E-state index contributed by atoms with van der Waals surface area (Å²) >= 11 is 3.68. The van der Waals surface area contributed by atoms with Crippen LogP contribution in [0.2, 0.25) is 0 Å². The van der Waals surface area contributed by atoms with E-state index in [0.717, 1.165) is 49.1 Å². The maximum atomic E-state index is 12.2. The van der Waals surface area contributed by atoms with Crippen molar-refractivity contribution < 1.29 is 18.0 Å². The second-order valence-corrected chi connectivity index (χ2v) is 11.0. The Bertz CT molecular complexity index is 1360. The van der Waals surface area contributed by atoms with E-state index in [0.29, 0.717) is 17.3 Å². The van der Waals surface area contributed by atoms with E-state index in [1.54, 1.807) is 36.5 Å². The summed E-state index contributed by atoms with van der Waals surface area (Å²) < 4.78 is 25.2. The van der Waals surface area contributed by atoms with Crippen molar-refractivity contribution in [2.24, 2.45) is 5.92 Å². The Morgan fingerprint density at radius 2 is 1.65 bits per heavy atom. The molecular formula is C25H28N6O4S2. The minimum absolute atomic E-state index is 0.0433. The predicted octanol–water partition coefficient (Wildman–Crippen LogP) is 3.05. The van der Waals surface area contributed by atoms with E-state index in [2.05, 4.69) is 42.9 Å². The van der Waals surface area contributed by atoms with Gasteiger partial charge >= 0.3 is 0 Å². The van der Waals surface area contributed by atoms with Gasteiger partial charge in [0.15, 0.2) is 0 Å². The van der Waals surface area contributed by atoms with Crippen molar-refractivity contribution >= 4 is 56.7 Å². The van der Waals surface area contributed by atoms with Crippen LogP contribution >= 0.6 is 12.6 Å². The van der Waals surface area contributed by atoms with Gasteiger partial charge in [0, 0.05) is 47.8 Å². The molecule has 1 aliphatic heterocycles. The molecule has 194 valence electrons. The summed E-state index contributed by atoms with van der Waals surface area (Å²) in [4.78, 5) is 34.2. The van der Waals surface area contributed by atoms with E-state index in [1.807, 2.05) is 24.3 Å². The molecule has 2 heterocycles. The molecule has 2 aromatic carbocycles. The zero-order chi connectivity index (χ0) is 26.4. The van der Waals surface area contributed by atoms with Gasteiger partial charge < -0.3 is 15.5 Å². The number of nitrogens with one attached hydrogen (secondary N) is 3. The first-order valence-corrected chi connectivity index (χ1v) is 14.0. The summed E-state index contributed by atoms with van der Waals surface area (Å²) in [7, 11) is -3.33. The molecule has 0 radical (unpaired) electrons. The highest BCUT2D eigenvalue weighted by Gasteiger charge is 2.25. The molecule has 0 aliphatic carbocycles. The molecule has 1 aromatic heterocycles. The third kappa shape index (κ3) is 7.67. The van der Waals surface area contributed by atoms with Gasteiger partial charge in [-0.25, -0.2) is 18.4 Å². The molecule has 1 fully saturated rings. The number of benzene rings is 2. The lowest BCUT2D eigenvalue weighted by Crippen LogP contribution is -2.41. The number of thiol groups is 1. The summed E-state index contributed by atoms with van der Waals surface area (Å²) in [5, 5.41) is 5.49. The van der Waals surface area contributed by atoms with E-state index >= 15 is 0 Å². The van der Waals surface area contributed by atoms with Gasteiger partial charge in [-0.05, 0) is 55.3 Å². The van der Waals surface area contributed by atoms with Gasteiger partial charge in [-0.2, -0.15) is 0 Å². The maximum Gasteiger partial charge on any atom is 0.229 e. The first kappa shape index (κ1) is 26.4. The highest BCUT2D eigenvalue weighted by Crippen LogP contribution is 2.26. The van der Waals surface area contributed by atoms with Crippen molar-refractivity contribution in [3.63, 3.8) is 0 Å². The monoisotopic (exact) mass is 540 g/mol. The fourth-order valence-corrected chi connectivity index (χ4v) is 4.74. The molecule has 0 atom stereocenters. The number of sulfonamides is 1. The Morgan fingerprint density at radius 1 is 1.00 bits per heavy atom. The highest BCUT2D eigenvalue weighted by atomic mass is 32.2. The minimum atomic E-state index is -3.33. The van der Waals surface area contributed by atoms with Crippen molar-refractivity contribution in [3.8, 4) is 11.3 Å². The molecule has 3 N–H and O–H groups in total. The Labute approximate surface area is 221 Å². The van der Waals surface area contributed by atoms with Gasteiger partial charge in [-0.3, -0.25) is 14.3 Å². The van der Waals surface area contributed by atoms with Gasteiger partial charge in [0.2, 0.25) is 27.0 Å². The van der Waals surface area contributed by atoms with E-state index < -0.39 is 10.0 Å². The quantitative estimate of drug-likeness (QED) is 0.305. The third-order valence-corrected chi connectivity index (χ3v) is 6.67. The molecule has 10 nitrogen and oxygen atoms in total. The molecule has 37 heavy (non-hydrogen) atoms. The molecule has 1 saturated heterocycles. The zero-order valence-electron chi connectivity index (χ0n) is 20.2. The molecule has 12 heteroatoms. The van der Waals surface area contributed by atoms with Gasteiger partial charge in [0.05, 0.1) is 18.5 Å². The first-order chi connectivity index (χ1) is 17.7. The third-order valence-electron chi connectivity index (χ3n) is 5.91. The normalized spacial score (nSPS) is 14.2. The van der Waals surface area contributed by atoms with Gasteiger partial charge in [-0.1, -0.05) is 12.1 Å². The molecule has 0 bridgehead atoms. The molecule has 3 aromatic rings.